The number of piperidine rings is 1. The number of carbonyl (C=O) groups excluding carboxylic acids is 1. The molecule has 1 aliphatic heterocycles. The number of rotatable bonds is 4. The number of nitrogens with zero attached hydrogens (tertiary/aromatic N) is 1. The maximum Gasteiger partial charge on any atom is 0.270 e. The lowest BCUT2D eigenvalue weighted by Gasteiger charge is -2.33. The summed E-state index contributed by atoms with van der Waals surface area (Å²) in [7, 11) is 0. The van der Waals surface area contributed by atoms with E-state index in [1.807, 2.05) is 0 Å². The van der Waals surface area contributed by atoms with E-state index in [1.54, 1.807) is 0 Å². The second kappa shape index (κ2) is 7.98. The standard InChI is InChI=1S/C18H16ClF2N3O3/c19-14-8-11(24(26)27)2-3-13(14)18(25)23-17-9-22-6-5-12(17)10-1-4-15(20)16(21)7-10/h1-4,7-8,12,17,22H,5-6,9H2,(H,23,25). The maximum absolute atomic E-state index is 13.6. The first-order chi connectivity index (χ1) is 12.9. The van der Waals surface area contributed by atoms with Gasteiger partial charge in [-0.25, -0.2) is 8.78 Å². The van der Waals surface area contributed by atoms with Crippen LogP contribution in [0.4, 0.5) is 14.5 Å². The molecule has 1 heterocycles. The quantitative estimate of drug-likeness (QED) is 0.614. The molecule has 27 heavy (non-hydrogen) atoms. The molecule has 0 aliphatic carbocycles. The zero-order valence-corrected chi connectivity index (χ0v) is 14.8. The van der Waals surface area contributed by atoms with Gasteiger partial charge in [0.05, 0.1) is 15.5 Å². The van der Waals surface area contributed by atoms with Crippen molar-refractivity contribution in [2.45, 2.75) is 18.4 Å². The number of benzene rings is 2. The zero-order valence-electron chi connectivity index (χ0n) is 14.0. The molecule has 2 unspecified atom stereocenters. The van der Waals surface area contributed by atoms with Crippen LogP contribution in [0.5, 0.6) is 0 Å². The fourth-order valence-corrected chi connectivity index (χ4v) is 3.46. The molecule has 0 saturated carbocycles. The third-order valence-electron chi connectivity index (χ3n) is 4.58. The van der Waals surface area contributed by atoms with Crippen LogP contribution < -0.4 is 10.6 Å². The van der Waals surface area contributed by atoms with E-state index in [-0.39, 0.29) is 28.2 Å². The summed E-state index contributed by atoms with van der Waals surface area (Å²) in [5.74, 6) is -2.56. The van der Waals surface area contributed by atoms with Crippen LogP contribution in [0.15, 0.2) is 36.4 Å². The summed E-state index contributed by atoms with van der Waals surface area (Å²) in [4.78, 5) is 22.8. The summed E-state index contributed by atoms with van der Waals surface area (Å²) >= 11 is 6.01. The number of nitrogens with one attached hydrogen (secondary N) is 2. The summed E-state index contributed by atoms with van der Waals surface area (Å²) in [6, 6.07) is 6.95. The van der Waals surface area contributed by atoms with Gasteiger partial charge in [0.1, 0.15) is 0 Å². The molecule has 3 rings (SSSR count). The molecule has 1 saturated heterocycles. The van der Waals surface area contributed by atoms with E-state index < -0.39 is 22.5 Å². The van der Waals surface area contributed by atoms with Crippen molar-refractivity contribution in [1.29, 1.82) is 0 Å². The van der Waals surface area contributed by atoms with E-state index in [2.05, 4.69) is 10.6 Å². The lowest BCUT2D eigenvalue weighted by molar-refractivity contribution is -0.384. The van der Waals surface area contributed by atoms with Gasteiger partial charge in [0.15, 0.2) is 11.6 Å². The normalized spacial score (nSPS) is 19.5. The summed E-state index contributed by atoms with van der Waals surface area (Å²) < 4.78 is 26.8. The van der Waals surface area contributed by atoms with Crippen molar-refractivity contribution in [3.63, 3.8) is 0 Å². The second-order valence-corrected chi connectivity index (χ2v) is 6.68. The number of nitro benzene ring substituents is 1. The predicted molar refractivity (Wildman–Crippen MR) is 95.9 cm³/mol. The molecule has 0 aromatic heterocycles. The van der Waals surface area contributed by atoms with Crippen molar-refractivity contribution in [3.8, 4) is 0 Å². The lowest BCUT2D eigenvalue weighted by atomic mass is 9.85. The van der Waals surface area contributed by atoms with Crippen molar-refractivity contribution in [2.75, 3.05) is 13.1 Å². The van der Waals surface area contributed by atoms with Crippen molar-refractivity contribution in [1.82, 2.24) is 10.6 Å². The molecule has 9 heteroatoms. The Kier molecular flexibility index (Phi) is 5.67. The number of carbonyl (C=O) groups is 1. The molecule has 2 aromatic carbocycles. The Balaban J connectivity index is 1.80. The maximum atomic E-state index is 13.6. The van der Waals surface area contributed by atoms with Gasteiger partial charge in [-0.2, -0.15) is 0 Å². The van der Waals surface area contributed by atoms with Crippen molar-refractivity contribution >= 4 is 23.2 Å². The summed E-state index contributed by atoms with van der Waals surface area (Å²) in [5.41, 5.74) is 0.489. The highest BCUT2D eigenvalue weighted by Crippen LogP contribution is 2.28. The molecular formula is C18H16ClF2N3O3. The molecule has 1 fully saturated rings. The highest BCUT2D eigenvalue weighted by atomic mass is 35.5. The molecule has 6 nitrogen and oxygen atoms in total. The van der Waals surface area contributed by atoms with Gasteiger partial charge in [-0.05, 0) is 36.7 Å². The van der Waals surface area contributed by atoms with E-state index >= 15 is 0 Å². The topological polar surface area (TPSA) is 84.3 Å². The minimum Gasteiger partial charge on any atom is -0.347 e. The predicted octanol–water partition coefficient (Wildman–Crippen LogP) is 3.40. The third kappa shape index (κ3) is 4.23. The number of halogens is 3. The summed E-state index contributed by atoms with van der Waals surface area (Å²) in [6.07, 6.45) is 0.629. The van der Waals surface area contributed by atoms with Crippen LogP contribution in [0.2, 0.25) is 5.02 Å². The van der Waals surface area contributed by atoms with Crippen molar-refractivity contribution in [2.24, 2.45) is 0 Å². The number of hydrogen-bond acceptors (Lipinski definition) is 4. The SMILES string of the molecule is O=C(NC1CNCCC1c1ccc(F)c(F)c1)c1ccc([N+](=O)[O-])cc1Cl. The second-order valence-electron chi connectivity index (χ2n) is 6.27. The monoisotopic (exact) mass is 395 g/mol. The summed E-state index contributed by atoms with van der Waals surface area (Å²) in [6.45, 7) is 1.12. The Morgan fingerprint density at radius 2 is 2.00 bits per heavy atom. The van der Waals surface area contributed by atoms with Gasteiger partial charge < -0.3 is 10.6 Å². The van der Waals surface area contributed by atoms with E-state index in [0.717, 1.165) is 18.2 Å². The van der Waals surface area contributed by atoms with Gasteiger partial charge in [-0.3, -0.25) is 14.9 Å². The molecule has 0 bridgehead atoms. The highest BCUT2D eigenvalue weighted by Gasteiger charge is 2.29. The van der Waals surface area contributed by atoms with Crippen molar-refractivity contribution in [3.05, 3.63) is 74.3 Å². The van der Waals surface area contributed by atoms with E-state index in [9.17, 15) is 23.7 Å². The van der Waals surface area contributed by atoms with Crippen LogP contribution in [0.1, 0.15) is 28.3 Å². The van der Waals surface area contributed by atoms with Gasteiger partial charge in [0.25, 0.3) is 11.6 Å². The number of non-ortho nitro benzene ring substituents is 1. The molecule has 2 N–H and O–H groups in total. The minimum atomic E-state index is -0.936. The first-order valence-corrected chi connectivity index (χ1v) is 8.65. The fourth-order valence-electron chi connectivity index (χ4n) is 3.20. The van der Waals surface area contributed by atoms with Crippen molar-refractivity contribution < 1.29 is 18.5 Å². The molecule has 142 valence electrons. The van der Waals surface area contributed by atoms with Crippen LogP contribution in [-0.4, -0.2) is 30.0 Å². The average Bonchev–Trinajstić information content (AvgIpc) is 2.64. The third-order valence-corrected chi connectivity index (χ3v) is 4.89. The van der Waals surface area contributed by atoms with Gasteiger partial charge in [0.2, 0.25) is 0 Å². The van der Waals surface area contributed by atoms with Crippen LogP contribution in [0.25, 0.3) is 0 Å². The Morgan fingerprint density at radius 1 is 1.22 bits per heavy atom. The van der Waals surface area contributed by atoms with Gasteiger partial charge >= 0.3 is 0 Å². The van der Waals surface area contributed by atoms with Crippen LogP contribution in [0, 0.1) is 21.7 Å². The first-order valence-electron chi connectivity index (χ1n) is 8.27. The molecule has 2 atom stereocenters. The molecule has 1 amide bonds. The largest absolute Gasteiger partial charge is 0.347 e. The minimum absolute atomic E-state index is 0.0326. The molecule has 0 radical (unpaired) electrons. The lowest BCUT2D eigenvalue weighted by Crippen LogP contribution is -2.50. The Morgan fingerprint density at radius 3 is 2.67 bits per heavy atom. The van der Waals surface area contributed by atoms with Crippen LogP contribution in [-0.2, 0) is 0 Å². The molecule has 0 spiro atoms. The van der Waals surface area contributed by atoms with Gasteiger partial charge in [-0.1, -0.05) is 17.7 Å². The fraction of sp³-hybridized carbons (Fsp3) is 0.278. The molecular weight excluding hydrogens is 380 g/mol. The first kappa shape index (κ1) is 19.2. The average molecular weight is 396 g/mol. The molecule has 1 aliphatic rings. The highest BCUT2D eigenvalue weighted by molar-refractivity contribution is 6.34. The Bertz CT molecular complexity index is 894. The van der Waals surface area contributed by atoms with E-state index in [1.165, 1.54) is 18.2 Å². The molecule has 2 aromatic rings. The van der Waals surface area contributed by atoms with E-state index in [0.29, 0.717) is 25.1 Å². The number of amides is 1. The smallest absolute Gasteiger partial charge is 0.270 e. The zero-order chi connectivity index (χ0) is 19.6. The summed E-state index contributed by atoms with van der Waals surface area (Å²) in [5, 5.41) is 16.7. The van der Waals surface area contributed by atoms with Gasteiger partial charge in [-0.15, -0.1) is 0 Å². The van der Waals surface area contributed by atoms with Gasteiger partial charge in [0, 0.05) is 30.6 Å². The van der Waals surface area contributed by atoms with Crippen LogP contribution in [0.3, 0.4) is 0 Å². The Labute approximate surface area is 158 Å². The Hall–Kier alpha value is -2.58. The number of nitro groups is 1. The number of hydrogen-bond donors (Lipinski definition) is 2. The van der Waals surface area contributed by atoms with E-state index in [4.69, 9.17) is 11.6 Å². The van der Waals surface area contributed by atoms with Crippen LogP contribution >= 0.6 is 11.6 Å².